The van der Waals surface area contributed by atoms with Gasteiger partial charge in [0.1, 0.15) is 5.65 Å². The van der Waals surface area contributed by atoms with E-state index in [9.17, 15) is 4.79 Å². The van der Waals surface area contributed by atoms with E-state index in [-0.39, 0.29) is 24.2 Å². The molecule has 25 heavy (non-hydrogen) atoms. The van der Waals surface area contributed by atoms with E-state index in [1.54, 1.807) is 12.4 Å². The fraction of sp³-hybridized carbons (Fsp3) is 0.529. The van der Waals surface area contributed by atoms with Crippen LogP contribution in [-0.2, 0) is 4.79 Å². The second-order valence-electron chi connectivity index (χ2n) is 6.60. The number of carbonyl (C=O) groups is 1. The van der Waals surface area contributed by atoms with E-state index in [1.165, 1.54) is 0 Å². The van der Waals surface area contributed by atoms with Crippen LogP contribution in [0.15, 0.2) is 12.4 Å². The van der Waals surface area contributed by atoms with Crippen LogP contribution in [0.3, 0.4) is 0 Å². The molecule has 3 rings (SSSR count). The van der Waals surface area contributed by atoms with Crippen LogP contribution in [0.5, 0.6) is 0 Å². The third-order valence-electron chi connectivity index (χ3n) is 4.56. The summed E-state index contributed by atoms with van der Waals surface area (Å²) in [6.45, 7) is 5.58. The quantitative estimate of drug-likeness (QED) is 0.753. The zero-order valence-corrected chi connectivity index (χ0v) is 16.3. The highest BCUT2D eigenvalue weighted by Gasteiger charge is 2.25. The van der Waals surface area contributed by atoms with Crippen molar-refractivity contribution in [1.82, 2.24) is 15.3 Å². The summed E-state index contributed by atoms with van der Waals surface area (Å²) in [5.41, 5.74) is 2.42. The molecule has 2 aromatic heterocycles. The maximum Gasteiger partial charge on any atom is 0.226 e. The molecule has 1 aliphatic heterocycles. The van der Waals surface area contributed by atoms with Gasteiger partial charge >= 0.3 is 0 Å². The van der Waals surface area contributed by atoms with Crippen LogP contribution in [0.25, 0.3) is 11.0 Å². The van der Waals surface area contributed by atoms with Gasteiger partial charge in [0.2, 0.25) is 5.91 Å². The lowest BCUT2D eigenvalue weighted by Gasteiger charge is -2.35. The van der Waals surface area contributed by atoms with Crippen molar-refractivity contribution >= 4 is 52.3 Å². The average molecular weight is 386 g/mol. The maximum atomic E-state index is 12.1. The van der Waals surface area contributed by atoms with Gasteiger partial charge in [-0.25, -0.2) is 4.98 Å². The van der Waals surface area contributed by atoms with Crippen molar-refractivity contribution in [3.63, 3.8) is 0 Å². The molecule has 8 heteroatoms. The number of fused-ring (bicyclic) bond motifs is 1. The van der Waals surface area contributed by atoms with Gasteiger partial charge in [0, 0.05) is 31.2 Å². The van der Waals surface area contributed by atoms with Gasteiger partial charge in [-0.3, -0.25) is 4.79 Å². The minimum absolute atomic E-state index is 0. The molecule has 1 aliphatic rings. The monoisotopic (exact) mass is 385 g/mol. The van der Waals surface area contributed by atoms with E-state index in [4.69, 9.17) is 11.6 Å². The Balaban J connectivity index is 0.00000225. The molecule has 0 unspecified atom stereocenters. The van der Waals surface area contributed by atoms with E-state index < -0.39 is 0 Å². The number of rotatable bonds is 4. The molecular weight excluding hydrogens is 361 g/mol. The molecule has 1 atom stereocenters. The number of anilines is 2. The van der Waals surface area contributed by atoms with Crippen molar-refractivity contribution in [2.75, 3.05) is 30.4 Å². The van der Waals surface area contributed by atoms with E-state index >= 15 is 0 Å². The Hall–Kier alpha value is -1.50. The normalized spacial score (nSPS) is 17.6. The van der Waals surface area contributed by atoms with Crippen molar-refractivity contribution in [3.8, 4) is 0 Å². The number of pyridine rings is 1. The predicted octanol–water partition coefficient (Wildman–Crippen LogP) is 3.42. The second-order valence-corrected chi connectivity index (χ2v) is 7.01. The number of nitrogens with one attached hydrogen (secondary N) is 3. The lowest BCUT2D eigenvalue weighted by molar-refractivity contribution is -0.118. The molecule has 1 fully saturated rings. The van der Waals surface area contributed by atoms with Crippen LogP contribution in [0.4, 0.5) is 11.4 Å². The van der Waals surface area contributed by atoms with Crippen molar-refractivity contribution in [1.29, 1.82) is 0 Å². The lowest BCUT2D eigenvalue weighted by Crippen LogP contribution is -2.44. The van der Waals surface area contributed by atoms with E-state index in [1.807, 2.05) is 20.9 Å². The molecule has 0 aromatic carbocycles. The molecule has 0 aliphatic carbocycles. The summed E-state index contributed by atoms with van der Waals surface area (Å²) in [4.78, 5) is 21.9. The van der Waals surface area contributed by atoms with Gasteiger partial charge in [0.05, 0.1) is 28.0 Å². The number of piperidine rings is 1. The fourth-order valence-corrected chi connectivity index (χ4v) is 3.42. The van der Waals surface area contributed by atoms with Gasteiger partial charge < -0.3 is 20.5 Å². The topological polar surface area (TPSA) is 73.1 Å². The van der Waals surface area contributed by atoms with Crippen LogP contribution >= 0.6 is 24.0 Å². The Kier molecular flexibility index (Phi) is 6.54. The Morgan fingerprint density at radius 1 is 1.48 bits per heavy atom. The largest absolute Gasteiger partial charge is 0.368 e. The second kappa shape index (κ2) is 8.25. The summed E-state index contributed by atoms with van der Waals surface area (Å²) in [5, 5.41) is 7.83. The van der Waals surface area contributed by atoms with Crippen molar-refractivity contribution in [2.45, 2.75) is 32.7 Å². The van der Waals surface area contributed by atoms with Gasteiger partial charge in [0.15, 0.2) is 0 Å². The lowest BCUT2D eigenvalue weighted by atomic mass is 10.0. The highest BCUT2D eigenvalue weighted by atomic mass is 35.5. The number of hydrogen-bond acceptors (Lipinski definition) is 4. The molecular formula is C17H25Cl2N5O. The molecule has 138 valence electrons. The molecule has 3 N–H and O–H groups in total. The highest BCUT2D eigenvalue weighted by molar-refractivity contribution is 6.35. The minimum Gasteiger partial charge on any atom is -0.368 e. The van der Waals surface area contributed by atoms with Crippen LogP contribution in [0, 0.1) is 5.92 Å². The van der Waals surface area contributed by atoms with Crippen LogP contribution in [0.2, 0.25) is 5.02 Å². The summed E-state index contributed by atoms with van der Waals surface area (Å²) in [6, 6.07) is 0.436. The van der Waals surface area contributed by atoms with Crippen molar-refractivity contribution < 1.29 is 4.79 Å². The SMILES string of the molecule is CN[C@@H]1CCCN(c2c(Cl)cnc3[nH]cc(NC(=O)C(C)C)c23)C1.Cl. The third-order valence-corrected chi connectivity index (χ3v) is 4.83. The van der Waals surface area contributed by atoms with Crippen molar-refractivity contribution in [2.24, 2.45) is 5.92 Å². The zero-order valence-electron chi connectivity index (χ0n) is 14.7. The molecule has 3 heterocycles. The molecule has 0 bridgehead atoms. The Bertz CT molecular complexity index is 746. The highest BCUT2D eigenvalue weighted by Crippen LogP contribution is 2.38. The van der Waals surface area contributed by atoms with E-state index in [0.717, 1.165) is 48.3 Å². The Morgan fingerprint density at radius 3 is 2.92 bits per heavy atom. The summed E-state index contributed by atoms with van der Waals surface area (Å²) >= 11 is 6.50. The Labute approximate surface area is 159 Å². The number of likely N-dealkylation sites (N-methyl/N-ethyl adjacent to an activating group) is 1. The van der Waals surface area contributed by atoms with Crippen LogP contribution in [-0.4, -0.2) is 42.1 Å². The van der Waals surface area contributed by atoms with Gasteiger partial charge in [-0.15, -0.1) is 12.4 Å². The number of aromatic amines is 1. The number of H-pyrrole nitrogens is 1. The molecule has 0 spiro atoms. The number of aromatic nitrogens is 2. The zero-order chi connectivity index (χ0) is 17.3. The number of nitrogens with zero attached hydrogens (tertiary/aromatic N) is 2. The van der Waals surface area contributed by atoms with Crippen LogP contribution < -0.4 is 15.5 Å². The number of carbonyl (C=O) groups excluding carboxylic acids is 1. The maximum absolute atomic E-state index is 12.1. The summed E-state index contributed by atoms with van der Waals surface area (Å²) in [5.74, 6) is -0.109. The van der Waals surface area contributed by atoms with Gasteiger partial charge in [-0.2, -0.15) is 0 Å². The van der Waals surface area contributed by atoms with E-state index in [2.05, 4.69) is 25.5 Å². The first kappa shape index (κ1) is 19.8. The predicted molar refractivity (Wildman–Crippen MR) is 106 cm³/mol. The summed E-state index contributed by atoms with van der Waals surface area (Å²) < 4.78 is 0. The number of hydrogen-bond donors (Lipinski definition) is 3. The molecule has 1 amide bonds. The molecule has 1 saturated heterocycles. The first-order valence-electron chi connectivity index (χ1n) is 8.40. The molecule has 6 nitrogen and oxygen atoms in total. The minimum atomic E-state index is -0.0887. The molecule has 2 aromatic rings. The number of halogens is 2. The number of amides is 1. The molecule has 0 saturated carbocycles. The van der Waals surface area contributed by atoms with Crippen LogP contribution in [0.1, 0.15) is 26.7 Å². The fourth-order valence-electron chi connectivity index (χ4n) is 3.16. The first-order chi connectivity index (χ1) is 11.5. The Morgan fingerprint density at radius 2 is 2.24 bits per heavy atom. The van der Waals surface area contributed by atoms with Crippen molar-refractivity contribution in [3.05, 3.63) is 17.4 Å². The van der Waals surface area contributed by atoms with Gasteiger partial charge in [-0.1, -0.05) is 25.4 Å². The smallest absolute Gasteiger partial charge is 0.226 e. The third kappa shape index (κ3) is 4.02. The first-order valence-corrected chi connectivity index (χ1v) is 8.77. The standard InChI is InChI=1S/C17H24ClN5O.ClH/c1-10(2)17(24)22-13-8-21-16-14(13)15(12(18)7-20-16)23-6-4-5-11(9-23)19-3;/h7-8,10-11,19H,4-6,9H2,1-3H3,(H,20,21)(H,22,24);1H/t11-;/m1./s1. The van der Waals surface area contributed by atoms with Gasteiger partial charge in [0.25, 0.3) is 0 Å². The summed E-state index contributed by atoms with van der Waals surface area (Å²) in [6.07, 6.45) is 5.72. The average Bonchev–Trinajstić information content (AvgIpc) is 2.97. The molecule has 0 radical (unpaired) electrons. The summed E-state index contributed by atoms with van der Waals surface area (Å²) in [7, 11) is 1.99. The van der Waals surface area contributed by atoms with E-state index in [0.29, 0.717) is 11.1 Å². The van der Waals surface area contributed by atoms with Gasteiger partial charge in [-0.05, 0) is 19.9 Å².